The van der Waals surface area contributed by atoms with Gasteiger partial charge in [-0.25, -0.2) is 0 Å². The molecule has 0 aliphatic carbocycles. The van der Waals surface area contributed by atoms with E-state index in [1.54, 1.807) is 14.2 Å². The highest BCUT2D eigenvalue weighted by Gasteiger charge is 2.11. The second kappa shape index (κ2) is 9.55. The highest BCUT2D eigenvalue weighted by atomic mass is 79.9. The summed E-state index contributed by atoms with van der Waals surface area (Å²) in [6, 6.07) is 30.5. The molecular weight excluding hydrogens is 448 g/mol. The molecule has 4 aromatic rings. The van der Waals surface area contributed by atoms with E-state index in [0.29, 0.717) is 0 Å². The van der Waals surface area contributed by atoms with E-state index in [1.807, 2.05) is 36.4 Å². The summed E-state index contributed by atoms with van der Waals surface area (Å²) in [5.74, 6) is 8.42. The van der Waals surface area contributed by atoms with E-state index in [9.17, 15) is 0 Å². The van der Waals surface area contributed by atoms with E-state index in [-0.39, 0.29) is 0 Å². The summed E-state index contributed by atoms with van der Waals surface area (Å²) in [6.07, 6.45) is 0. The topological polar surface area (TPSA) is 18.5 Å². The molecule has 3 heteroatoms. The van der Waals surface area contributed by atoms with Crippen LogP contribution >= 0.6 is 15.9 Å². The monoisotopic (exact) mass is 468 g/mol. The summed E-state index contributed by atoms with van der Waals surface area (Å²) in [5.41, 5.74) is 6.33. The van der Waals surface area contributed by atoms with Crippen LogP contribution in [0.3, 0.4) is 0 Å². The fourth-order valence-electron chi connectivity index (χ4n) is 3.38. The number of benzene rings is 4. The van der Waals surface area contributed by atoms with Crippen molar-refractivity contribution in [3.05, 3.63) is 107 Å². The van der Waals surface area contributed by atoms with Crippen molar-refractivity contribution >= 4 is 15.9 Å². The number of halogens is 1. The van der Waals surface area contributed by atoms with Crippen molar-refractivity contribution in [2.75, 3.05) is 14.2 Å². The van der Waals surface area contributed by atoms with Crippen LogP contribution in [0.15, 0.2) is 95.5 Å². The maximum Gasteiger partial charge on any atom is 0.118 e. The highest BCUT2D eigenvalue weighted by Crippen LogP contribution is 2.33. The van der Waals surface area contributed by atoms with Crippen LogP contribution in [-0.2, 0) is 0 Å². The third-order valence-electron chi connectivity index (χ3n) is 5.04. The molecule has 0 bridgehead atoms. The molecule has 0 aromatic heterocycles. The lowest BCUT2D eigenvalue weighted by molar-refractivity contribution is 0.414. The van der Waals surface area contributed by atoms with Gasteiger partial charge in [0, 0.05) is 15.6 Å². The quantitative estimate of drug-likeness (QED) is 0.294. The third kappa shape index (κ3) is 4.82. The number of ether oxygens (including phenoxy) is 2. The van der Waals surface area contributed by atoms with E-state index >= 15 is 0 Å². The molecule has 31 heavy (non-hydrogen) atoms. The summed E-state index contributed by atoms with van der Waals surface area (Å²) in [7, 11) is 3.34. The Hall–Kier alpha value is -3.48. The lowest BCUT2D eigenvalue weighted by Crippen LogP contribution is -1.91. The lowest BCUT2D eigenvalue weighted by atomic mass is 9.92. The molecule has 0 aliphatic heterocycles. The molecule has 0 heterocycles. The van der Waals surface area contributed by atoms with Crippen molar-refractivity contribution < 1.29 is 9.47 Å². The molecule has 4 rings (SSSR count). The van der Waals surface area contributed by atoms with Crippen molar-refractivity contribution in [1.82, 2.24) is 0 Å². The summed E-state index contributed by atoms with van der Waals surface area (Å²) < 4.78 is 11.6. The van der Waals surface area contributed by atoms with Gasteiger partial charge in [-0.05, 0) is 70.8 Å². The summed E-state index contributed by atoms with van der Waals surface area (Å²) in [5, 5.41) is 0. The lowest BCUT2D eigenvalue weighted by Gasteiger charge is -2.12. The molecule has 0 fully saturated rings. The predicted octanol–water partition coefficient (Wildman–Crippen LogP) is 7.20. The fraction of sp³-hybridized carbons (Fsp3) is 0.0714. The molecular formula is C28H21BrO2. The average molecular weight is 469 g/mol. The smallest absolute Gasteiger partial charge is 0.118 e. The molecule has 2 nitrogen and oxygen atoms in total. The van der Waals surface area contributed by atoms with Crippen LogP contribution in [0.2, 0.25) is 0 Å². The highest BCUT2D eigenvalue weighted by molar-refractivity contribution is 9.10. The first-order chi connectivity index (χ1) is 15.2. The average Bonchev–Trinajstić information content (AvgIpc) is 2.83. The molecule has 0 atom stereocenters. The predicted molar refractivity (Wildman–Crippen MR) is 131 cm³/mol. The number of hydrogen-bond acceptors (Lipinski definition) is 2. The Balaban J connectivity index is 1.86. The minimum Gasteiger partial charge on any atom is -0.497 e. The third-order valence-corrected chi connectivity index (χ3v) is 5.57. The van der Waals surface area contributed by atoms with Gasteiger partial charge in [-0.1, -0.05) is 70.2 Å². The van der Waals surface area contributed by atoms with Crippen molar-refractivity contribution in [1.29, 1.82) is 0 Å². The Labute approximate surface area is 191 Å². The number of rotatable bonds is 4. The molecule has 4 aromatic carbocycles. The van der Waals surface area contributed by atoms with Gasteiger partial charge in [-0.15, -0.1) is 0 Å². The van der Waals surface area contributed by atoms with Crippen molar-refractivity contribution in [3.63, 3.8) is 0 Å². The summed E-state index contributed by atoms with van der Waals surface area (Å²) in [4.78, 5) is 0. The minimum absolute atomic E-state index is 0.819. The molecule has 152 valence electrons. The van der Waals surface area contributed by atoms with Gasteiger partial charge in [0.2, 0.25) is 0 Å². The largest absolute Gasteiger partial charge is 0.497 e. The van der Waals surface area contributed by atoms with Gasteiger partial charge >= 0.3 is 0 Å². The van der Waals surface area contributed by atoms with Crippen LogP contribution < -0.4 is 9.47 Å². The van der Waals surface area contributed by atoms with Crippen molar-refractivity contribution in [2.24, 2.45) is 0 Å². The van der Waals surface area contributed by atoms with Gasteiger partial charge < -0.3 is 9.47 Å². The van der Waals surface area contributed by atoms with Gasteiger partial charge in [0.15, 0.2) is 0 Å². The van der Waals surface area contributed by atoms with Crippen LogP contribution in [0, 0.1) is 11.8 Å². The van der Waals surface area contributed by atoms with Gasteiger partial charge in [-0.3, -0.25) is 0 Å². The van der Waals surface area contributed by atoms with Gasteiger partial charge in [0.05, 0.1) is 14.2 Å². The SMILES string of the molecule is COc1ccc(C#Cc2c(-c3ccc(Br)cc3)cccc2-c2ccc(OC)cc2)cc1. The summed E-state index contributed by atoms with van der Waals surface area (Å²) >= 11 is 3.52. The second-order valence-corrected chi connectivity index (χ2v) is 7.86. The van der Waals surface area contributed by atoms with Crippen LogP contribution in [0.1, 0.15) is 11.1 Å². The zero-order chi connectivity index (χ0) is 21.6. The van der Waals surface area contributed by atoms with Crippen LogP contribution in [-0.4, -0.2) is 14.2 Å². The zero-order valence-corrected chi connectivity index (χ0v) is 18.9. The van der Waals surface area contributed by atoms with E-state index in [0.717, 1.165) is 49.4 Å². The molecule has 0 amide bonds. The maximum absolute atomic E-state index is 5.32. The Kier molecular flexibility index (Phi) is 6.40. The van der Waals surface area contributed by atoms with Gasteiger partial charge in [-0.2, -0.15) is 0 Å². The van der Waals surface area contributed by atoms with Gasteiger partial charge in [0.25, 0.3) is 0 Å². The maximum atomic E-state index is 5.32. The Morgan fingerprint density at radius 2 is 1.06 bits per heavy atom. The number of methoxy groups -OCH3 is 2. The van der Waals surface area contributed by atoms with E-state index in [4.69, 9.17) is 9.47 Å². The van der Waals surface area contributed by atoms with Crippen LogP contribution in [0.4, 0.5) is 0 Å². The Morgan fingerprint density at radius 3 is 1.58 bits per heavy atom. The zero-order valence-electron chi connectivity index (χ0n) is 17.4. The normalized spacial score (nSPS) is 10.2. The van der Waals surface area contributed by atoms with E-state index < -0.39 is 0 Å². The van der Waals surface area contributed by atoms with E-state index in [2.05, 4.69) is 82.4 Å². The van der Waals surface area contributed by atoms with E-state index in [1.165, 1.54) is 0 Å². The first kappa shape index (κ1) is 20.8. The Bertz CT molecular complexity index is 1230. The summed E-state index contributed by atoms with van der Waals surface area (Å²) in [6.45, 7) is 0. The molecule has 0 N–H and O–H groups in total. The standard InChI is InChI=1S/C28H21BrO2/c1-30-24-15-6-20(7-16-24)8-19-28-26(21-9-13-23(29)14-10-21)4-3-5-27(28)22-11-17-25(31-2)18-12-22/h3-7,9-18H,1-2H3. The second-order valence-electron chi connectivity index (χ2n) is 6.94. The molecule has 0 unspecified atom stereocenters. The van der Waals surface area contributed by atoms with Crippen molar-refractivity contribution in [3.8, 4) is 45.6 Å². The number of hydrogen-bond donors (Lipinski definition) is 0. The van der Waals surface area contributed by atoms with Crippen LogP contribution in [0.5, 0.6) is 11.5 Å². The first-order valence-electron chi connectivity index (χ1n) is 9.87. The van der Waals surface area contributed by atoms with Gasteiger partial charge in [0.1, 0.15) is 11.5 Å². The molecule has 0 saturated heterocycles. The molecule has 0 spiro atoms. The molecule has 0 radical (unpaired) electrons. The van der Waals surface area contributed by atoms with Crippen molar-refractivity contribution in [2.45, 2.75) is 0 Å². The molecule has 0 saturated carbocycles. The minimum atomic E-state index is 0.819. The fourth-order valence-corrected chi connectivity index (χ4v) is 3.64. The Morgan fingerprint density at radius 1 is 0.581 bits per heavy atom. The first-order valence-corrected chi connectivity index (χ1v) is 10.7. The van der Waals surface area contributed by atoms with Crippen LogP contribution in [0.25, 0.3) is 22.3 Å². The molecule has 0 aliphatic rings.